The number of ether oxygens (including phenoxy) is 2. The van der Waals surface area contributed by atoms with Gasteiger partial charge in [0.1, 0.15) is 12.4 Å². The zero-order valence-corrected chi connectivity index (χ0v) is 12.0. The zero-order valence-electron chi connectivity index (χ0n) is 12.0. The molecule has 106 valence electrons. The molecule has 1 atom stereocenters. The molecule has 19 heavy (non-hydrogen) atoms. The molecule has 0 spiro atoms. The molecule has 4 heteroatoms. The Bertz CT molecular complexity index is 403. The first kappa shape index (κ1) is 15.5. The van der Waals surface area contributed by atoms with Crippen LogP contribution in [0, 0.1) is 0 Å². The minimum Gasteiger partial charge on any atom is -0.490 e. The predicted molar refractivity (Wildman–Crippen MR) is 73.7 cm³/mol. The SMILES string of the molecule is CCOC(COc1ccc(C(C)(C)C)cc1)C(=O)O. The Hall–Kier alpha value is -1.55. The van der Waals surface area contributed by atoms with E-state index >= 15 is 0 Å². The number of benzene rings is 1. The average Bonchev–Trinajstić information content (AvgIpc) is 2.33. The lowest BCUT2D eigenvalue weighted by Crippen LogP contribution is -2.30. The van der Waals surface area contributed by atoms with Gasteiger partial charge in [-0.1, -0.05) is 32.9 Å². The van der Waals surface area contributed by atoms with Crippen LogP contribution in [0.5, 0.6) is 5.75 Å². The molecule has 1 N–H and O–H groups in total. The summed E-state index contributed by atoms with van der Waals surface area (Å²) in [5.41, 5.74) is 1.30. The maximum atomic E-state index is 10.9. The van der Waals surface area contributed by atoms with Gasteiger partial charge in [0.25, 0.3) is 0 Å². The molecule has 1 unspecified atom stereocenters. The van der Waals surface area contributed by atoms with Crippen molar-refractivity contribution in [3.05, 3.63) is 29.8 Å². The van der Waals surface area contributed by atoms with Gasteiger partial charge >= 0.3 is 5.97 Å². The normalized spacial score (nSPS) is 13.1. The summed E-state index contributed by atoms with van der Waals surface area (Å²) in [6.07, 6.45) is -0.924. The Kier molecular flexibility index (Phi) is 5.36. The molecule has 1 aromatic carbocycles. The van der Waals surface area contributed by atoms with Gasteiger partial charge in [-0.25, -0.2) is 4.79 Å². The Morgan fingerprint density at radius 2 is 1.84 bits per heavy atom. The lowest BCUT2D eigenvalue weighted by molar-refractivity contribution is -0.152. The molecule has 0 radical (unpaired) electrons. The van der Waals surface area contributed by atoms with Crippen LogP contribution in [0.3, 0.4) is 0 Å². The quantitative estimate of drug-likeness (QED) is 0.860. The van der Waals surface area contributed by atoms with Crippen molar-refractivity contribution in [3.63, 3.8) is 0 Å². The molecular weight excluding hydrogens is 244 g/mol. The fourth-order valence-electron chi connectivity index (χ4n) is 1.61. The van der Waals surface area contributed by atoms with Crippen LogP contribution in [0.1, 0.15) is 33.3 Å². The van der Waals surface area contributed by atoms with Gasteiger partial charge < -0.3 is 14.6 Å². The monoisotopic (exact) mass is 266 g/mol. The van der Waals surface area contributed by atoms with Crippen molar-refractivity contribution in [3.8, 4) is 5.75 Å². The fourth-order valence-corrected chi connectivity index (χ4v) is 1.61. The standard InChI is InChI=1S/C15H22O4/c1-5-18-13(14(16)17)10-19-12-8-6-11(7-9-12)15(2,3)4/h6-9,13H,5,10H2,1-4H3,(H,16,17). The molecular formula is C15H22O4. The highest BCUT2D eigenvalue weighted by atomic mass is 16.5. The Morgan fingerprint density at radius 3 is 2.26 bits per heavy atom. The van der Waals surface area contributed by atoms with Crippen LogP contribution in [0.15, 0.2) is 24.3 Å². The largest absolute Gasteiger partial charge is 0.490 e. The average molecular weight is 266 g/mol. The molecule has 0 aliphatic rings. The molecule has 0 heterocycles. The first-order chi connectivity index (χ1) is 8.84. The van der Waals surface area contributed by atoms with Gasteiger partial charge in [-0.15, -0.1) is 0 Å². The molecule has 1 rings (SSSR count). The molecule has 1 aromatic rings. The van der Waals surface area contributed by atoms with Crippen LogP contribution in [0.2, 0.25) is 0 Å². The smallest absolute Gasteiger partial charge is 0.336 e. The third-order valence-electron chi connectivity index (χ3n) is 2.77. The predicted octanol–water partition coefficient (Wildman–Crippen LogP) is 2.85. The molecule has 0 saturated heterocycles. The number of aliphatic carboxylic acids is 1. The van der Waals surface area contributed by atoms with E-state index in [-0.39, 0.29) is 12.0 Å². The van der Waals surface area contributed by atoms with Crippen molar-refractivity contribution in [2.45, 2.75) is 39.2 Å². The van der Waals surface area contributed by atoms with Crippen LogP contribution in [0.25, 0.3) is 0 Å². The van der Waals surface area contributed by atoms with E-state index in [1.165, 1.54) is 5.56 Å². The van der Waals surface area contributed by atoms with E-state index in [1.54, 1.807) is 6.92 Å². The van der Waals surface area contributed by atoms with Gasteiger partial charge in [-0.05, 0) is 30.0 Å². The third kappa shape index (κ3) is 4.91. The number of hydrogen-bond acceptors (Lipinski definition) is 3. The summed E-state index contributed by atoms with van der Waals surface area (Å²) in [5, 5.41) is 8.93. The van der Waals surface area contributed by atoms with E-state index < -0.39 is 12.1 Å². The second kappa shape index (κ2) is 6.57. The van der Waals surface area contributed by atoms with Crippen LogP contribution in [0.4, 0.5) is 0 Å². The van der Waals surface area contributed by atoms with Crippen LogP contribution in [-0.4, -0.2) is 30.4 Å². The molecule has 0 amide bonds. The summed E-state index contributed by atoms with van der Waals surface area (Å²) in [4.78, 5) is 10.9. The minimum atomic E-state index is -1.01. The number of rotatable bonds is 6. The third-order valence-corrected chi connectivity index (χ3v) is 2.77. The van der Waals surface area contributed by atoms with E-state index in [0.717, 1.165) is 0 Å². The maximum Gasteiger partial charge on any atom is 0.336 e. The van der Waals surface area contributed by atoms with Gasteiger partial charge in [0.2, 0.25) is 0 Å². The van der Waals surface area contributed by atoms with Crippen LogP contribution >= 0.6 is 0 Å². The molecule has 0 aromatic heterocycles. The fraction of sp³-hybridized carbons (Fsp3) is 0.533. The second-order valence-corrected chi connectivity index (χ2v) is 5.37. The Labute approximate surface area is 114 Å². The highest BCUT2D eigenvalue weighted by Crippen LogP contribution is 2.24. The number of carboxylic acid groups (broad SMARTS) is 1. The lowest BCUT2D eigenvalue weighted by atomic mass is 9.87. The van der Waals surface area contributed by atoms with Gasteiger partial charge in [-0.2, -0.15) is 0 Å². The van der Waals surface area contributed by atoms with Gasteiger partial charge in [0, 0.05) is 6.61 Å². The summed E-state index contributed by atoms with van der Waals surface area (Å²) < 4.78 is 10.5. The summed E-state index contributed by atoms with van der Waals surface area (Å²) in [7, 11) is 0. The van der Waals surface area contributed by atoms with Gasteiger partial charge in [0.05, 0.1) is 0 Å². The van der Waals surface area contributed by atoms with E-state index in [0.29, 0.717) is 12.4 Å². The van der Waals surface area contributed by atoms with Crippen molar-refractivity contribution in [1.29, 1.82) is 0 Å². The number of hydrogen-bond donors (Lipinski definition) is 1. The molecule has 0 aliphatic heterocycles. The summed E-state index contributed by atoms with van der Waals surface area (Å²) in [6, 6.07) is 7.69. The van der Waals surface area contributed by atoms with Crippen LogP contribution < -0.4 is 4.74 Å². The molecule has 0 bridgehead atoms. The first-order valence-corrected chi connectivity index (χ1v) is 6.42. The summed E-state index contributed by atoms with van der Waals surface area (Å²) >= 11 is 0. The Morgan fingerprint density at radius 1 is 1.26 bits per heavy atom. The van der Waals surface area contributed by atoms with Crippen molar-refractivity contribution in [2.75, 3.05) is 13.2 Å². The van der Waals surface area contributed by atoms with Gasteiger partial charge in [-0.3, -0.25) is 0 Å². The summed E-state index contributed by atoms with van der Waals surface area (Å²) in [6.45, 7) is 8.53. The van der Waals surface area contributed by atoms with Crippen LogP contribution in [-0.2, 0) is 14.9 Å². The van der Waals surface area contributed by atoms with E-state index in [2.05, 4.69) is 20.8 Å². The van der Waals surface area contributed by atoms with Gasteiger partial charge in [0.15, 0.2) is 6.10 Å². The van der Waals surface area contributed by atoms with E-state index in [9.17, 15) is 4.79 Å². The second-order valence-electron chi connectivity index (χ2n) is 5.37. The highest BCUT2D eigenvalue weighted by Gasteiger charge is 2.18. The van der Waals surface area contributed by atoms with Crippen molar-refractivity contribution in [1.82, 2.24) is 0 Å². The Balaban J connectivity index is 2.61. The van der Waals surface area contributed by atoms with E-state index in [4.69, 9.17) is 14.6 Å². The van der Waals surface area contributed by atoms with Crippen molar-refractivity contribution >= 4 is 5.97 Å². The topological polar surface area (TPSA) is 55.8 Å². The number of carboxylic acids is 1. The molecule has 0 fully saturated rings. The molecule has 0 aliphatic carbocycles. The highest BCUT2D eigenvalue weighted by molar-refractivity contribution is 5.72. The first-order valence-electron chi connectivity index (χ1n) is 6.42. The van der Waals surface area contributed by atoms with Crippen molar-refractivity contribution < 1.29 is 19.4 Å². The van der Waals surface area contributed by atoms with E-state index in [1.807, 2.05) is 24.3 Å². The minimum absolute atomic E-state index is 0.0119. The molecule has 4 nitrogen and oxygen atoms in total. The molecule has 0 saturated carbocycles. The maximum absolute atomic E-state index is 10.9. The number of carbonyl (C=O) groups is 1. The zero-order chi connectivity index (χ0) is 14.5. The van der Waals surface area contributed by atoms with Crippen molar-refractivity contribution in [2.24, 2.45) is 0 Å². The summed E-state index contributed by atoms with van der Waals surface area (Å²) in [5.74, 6) is -0.355. The lowest BCUT2D eigenvalue weighted by Gasteiger charge is -2.19.